The second kappa shape index (κ2) is 9.06. The maximum Gasteiger partial charge on any atom is 0.329 e. The Labute approximate surface area is 142 Å². The van der Waals surface area contributed by atoms with E-state index in [1.165, 1.54) is 22.9 Å². The lowest BCUT2D eigenvalue weighted by atomic mass is 10.2. The molecule has 1 amide bonds. The molecule has 1 saturated heterocycles. The molecule has 0 saturated carbocycles. The molecule has 1 aliphatic heterocycles. The van der Waals surface area contributed by atoms with Crippen molar-refractivity contribution in [1.82, 2.24) is 9.88 Å². The predicted octanol–water partition coefficient (Wildman–Crippen LogP) is 1.13. The summed E-state index contributed by atoms with van der Waals surface area (Å²) in [4.78, 5) is 44.1. The molecule has 2 heterocycles. The number of pyridine rings is 1. The maximum absolute atomic E-state index is 12.4. The Hall–Kier alpha value is -2.36. The van der Waals surface area contributed by atoms with Crippen LogP contribution in [0, 0.1) is 10.1 Å². The van der Waals surface area contributed by atoms with Crippen molar-refractivity contribution in [3.8, 4) is 0 Å². The summed E-state index contributed by atoms with van der Waals surface area (Å²) in [6, 6.07) is 2.69. The van der Waals surface area contributed by atoms with Gasteiger partial charge in [-0.2, -0.15) is 0 Å². The lowest BCUT2D eigenvalue weighted by Gasteiger charge is -2.22. The molecule has 1 aromatic rings. The summed E-state index contributed by atoms with van der Waals surface area (Å²) in [5, 5.41) is 9.13. The lowest BCUT2D eigenvalue weighted by molar-refractivity contribution is -0.757. The number of carbonyl (C=O) groups excluding carboxylic acids is 2. The zero-order valence-corrected chi connectivity index (χ0v) is 13.6. The fourth-order valence-electron chi connectivity index (χ4n) is 2.11. The van der Waals surface area contributed by atoms with Gasteiger partial charge in [-0.25, -0.2) is 4.79 Å². The Bertz CT molecular complexity index is 585. The zero-order valence-electron chi connectivity index (χ0n) is 12.8. The largest absolute Gasteiger partial charge is 0.464 e. The SMILES string of the molecule is O=C(OCCCCO[N+](=O)[O-])C1CSCN1C(=O)c1cccnc1. The third-order valence-electron chi connectivity index (χ3n) is 3.30. The predicted molar refractivity (Wildman–Crippen MR) is 84.7 cm³/mol. The molecule has 1 unspecified atom stereocenters. The number of hydrogen-bond donors (Lipinski definition) is 0. The molecule has 1 aliphatic rings. The first kappa shape index (κ1) is 18.0. The van der Waals surface area contributed by atoms with E-state index in [4.69, 9.17) is 4.74 Å². The monoisotopic (exact) mass is 355 g/mol. The van der Waals surface area contributed by atoms with Gasteiger partial charge in [0.25, 0.3) is 11.0 Å². The number of thioether (sulfide) groups is 1. The second-order valence-electron chi connectivity index (χ2n) is 4.96. The number of nitrogens with zero attached hydrogens (tertiary/aromatic N) is 3. The number of ether oxygens (including phenoxy) is 1. The van der Waals surface area contributed by atoms with Crippen molar-refractivity contribution in [2.75, 3.05) is 24.8 Å². The van der Waals surface area contributed by atoms with Crippen LogP contribution in [0.2, 0.25) is 0 Å². The van der Waals surface area contributed by atoms with E-state index in [2.05, 4.69) is 9.82 Å². The zero-order chi connectivity index (χ0) is 17.4. The highest BCUT2D eigenvalue weighted by atomic mass is 32.2. The number of rotatable bonds is 8. The van der Waals surface area contributed by atoms with Crippen LogP contribution in [0.15, 0.2) is 24.5 Å². The Morgan fingerprint density at radius 2 is 2.21 bits per heavy atom. The highest BCUT2D eigenvalue weighted by Crippen LogP contribution is 2.24. The summed E-state index contributed by atoms with van der Waals surface area (Å²) in [7, 11) is 0. The van der Waals surface area contributed by atoms with E-state index >= 15 is 0 Å². The summed E-state index contributed by atoms with van der Waals surface area (Å²) in [6.07, 6.45) is 3.90. The first-order valence-electron chi connectivity index (χ1n) is 7.32. The fraction of sp³-hybridized carbons (Fsp3) is 0.500. The number of unbranched alkanes of at least 4 members (excludes halogenated alkanes) is 1. The molecule has 10 heteroatoms. The minimum atomic E-state index is -0.857. The van der Waals surface area contributed by atoms with Gasteiger partial charge in [0, 0.05) is 18.1 Å². The number of aromatic nitrogens is 1. The summed E-state index contributed by atoms with van der Waals surface area (Å²) in [6.45, 7) is 0.103. The van der Waals surface area contributed by atoms with E-state index in [-0.39, 0.29) is 19.1 Å². The van der Waals surface area contributed by atoms with Crippen molar-refractivity contribution in [3.05, 3.63) is 40.2 Å². The van der Waals surface area contributed by atoms with E-state index in [0.29, 0.717) is 30.0 Å². The standard InChI is InChI=1S/C14H17N3O6S/c18-13(11-4-3-5-15-8-11)16-10-24-9-12(16)14(19)22-6-1-2-7-23-17(20)21/h3-5,8,12H,1-2,6-7,9-10H2. The number of amides is 1. The van der Waals surface area contributed by atoms with Crippen molar-refractivity contribution >= 4 is 23.6 Å². The average Bonchev–Trinajstić information content (AvgIpc) is 3.07. The molecule has 1 fully saturated rings. The van der Waals surface area contributed by atoms with Crippen LogP contribution in [0.3, 0.4) is 0 Å². The number of hydrogen-bond acceptors (Lipinski definition) is 8. The molecule has 2 rings (SSSR count). The van der Waals surface area contributed by atoms with Crippen LogP contribution in [0.25, 0.3) is 0 Å². The molecule has 0 aromatic carbocycles. The summed E-state index contributed by atoms with van der Waals surface area (Å²) in [5.41, 5.74) is 0.426. The molecule has 0 spiro atoms. The van der Waals surface area contributed by atoms with Gasteiger partial charge in [0.2, 0.25) is 0 Å². The van der Waals surface area contributed by atoms with E-state index in [0.717, 1.165) is 0 Å². The molecule has 0 bridgehead atoms. The topological polar surface area (TPSA) is 112 Å². The van der Waals surface area contributed by atoms with Crippen molar-refractivity contribution < 1.29 is 24.3 Å². The Morgan fingerprint density at radius 1 is 1.42 bits per heavy atom. The van der Waals surface area contributed by atoms with Crippen LogP contribution in [0.5, 0.6) is 0 Å². The van der Waals surface area contributed by atoms with Crippen LogP contribution >= 0.6 is 11.8 Å². The molecule has 9 nitrogen and oxygen atoms in total. The Kier molecular flexibility index (Phi) is 6.79. The maximum atomic E-state index is 12.4. The van der Waals surface area contributed by atoms with Gasteiger partial charge in [-0.05, 0) is 25.0 Å². The number of esters is 1. The van der Waals surface area contributed by atoms with Crippen molar-refractivity contribution in [2.24, 2.45) is 0 Å². The Balaban J connectivity index is 1.78. The van der Waals surface area contributed by atoms with Gasteiger partial charge >= 0.3 is 5.97 Å². The first-order chi connectivity index (χ1) is 11.6. The minimum Gasteiger partial charge on any atom is -0.464 e. The van der Waals surface area contributed by atoms with E-state index in [9.17, 15) is 19.7 Å². The van der Waals surface area contributed by atoms with Crippen molar-refractivity contribution in [3.63, 3.8) is 0 Å². The number of carbonyl (C=O) groups is 2. The van der Waals surface area contributed by atoms with E-state index < -0.39 is 17.1 Å². The van der Waals surface area contributed by atoms with Crippen molar-refractivity contribution in [2.45, 2.75) is 18.9 Å². The molecule has 130 valence electrons. The normalized spacial score (nSPS) is 16.7. The van der Waals surface area contributed by atoms with Gasteiger partial charge < -0.3 is 14.5 Å². The third kappa shape index (κ3) is 5.08. The molecule has 1 atom stereocenters. The molecule has 0 radical (unpaired) electrons. The highest BCUT2D eigenvalue weighted by Gasteiger charge is 2.36. The van der Waals surface area contributed by atoms with Gasteiger partial charge in [0.15, 0.2) is 0 Å². The molecule has 0 aliphatic carbocycles. The highest BCUT2D eigenvalue weighted by molar-refractivity contribution is 7.99. The van der Waals surface area contributed by atoms with Gasteiger partial charge in [-0.1, -0.05) is 0 Å². The van der Waals surface area contributed by atoms with Crippen LogP contribution in [0.4, 0.5) is 0 Å². The molecule has 1 aromatic heterocycles. The Morgan fingerprint density at radius 3 is 2.92 bits per heavy atom. The van der Waals surface area contributed by atoms with Crippen LogP contribution in [-0.4, -0.2) is 57.7 Å². The third-order valence-corrected chi connectivity index (χ3v) is 4.32. The fourth-order valence-corrected chi connectivity index (χ4v) is 3.24. The summed E-state index contributed by atoms with van der Waals surface area (Å²) >= 11 is 1.48. The van der Waals surface area contributed by atoms with Gasteiger partial charge in [0.1, 0.15) is 6.04 Å². The lowest BCUT2D eigenvalue weighted by Crippen LogP contribution is -2.42. The van der Waals surface area contributed by atoms with E-state index in [1.807, 2.05) is 0 Å². The van der Waals surface area contributed by atoms with Gasteiger partial charge in [-0.15, -0.1) is 21.9 Å². The van der Waals surface area contributed by atoms with Crippen LogP contribution in [0.1, 0.15) is 23.2 Å². The first-order valence-corrected chi connectivity index (χ1v) is 8.47. The van der Waals surface area contributed by atoms with Gasteiger partial charge in [0.05, 0.1) is 24.7 Å². The second-order valence-corrected chi connectivity index (χ2v) is 5.96. The average molecular weight is 355 g/mol. The molecular formula is C14H17N3O6S. The smallest absolute Gasteiger partial charge is 0.329 e. The van der Waals surface area contributed by atoms with E-state index in [1.54, 1.807) is 18.3 Å². The minimum absolute atomic E-state index is 0.0323. The van der Waals surface area contributed by atoms with Crippen LogP contribution in [-0.2, 0) is 14.4 Å². The molecule has 0 N–H and O–H groups in total. The summed E-state index contributed by atoms with van der Waals surface area (Å²) < 4.78 is 5.16. The molecule has 24 heavy (non-hydrogen) atoms. The quantitative estimate of drug-likeness (QED) is 0.295. The van der Waals surface area contributed by atoms with Crippen LogP contribution < -0.4 is 0 Å². The van der Waals surface area contributed by atoms with Crippen molar-refractivity contribution in [1.29, 1.82) is 0 Å². The van der Waals surface area contributed by atoms with Gasteiger partial charge in [-0.3, -0.25) is 9.78 Å². The summed E-state index contributed by atoms with van der Waals surface area (Å²) in [5.74, 6) is 0.182. The molecular weight excluding hydrogens is 338 g/mol.